The van der Waals surface area contributed by atoms with E-state index in [1.165, 1.54) is 12.1 Å². The average Bonchev–Trinajstić information content (AvgIpc) is 2.82. The summed E-state index contributed by atoms with van der Waals surface area (Å²) in [6.45, 7) is 6.52. The van der Waals surface area contributed by atoms with Crippen molar-refractivity contribution < 1.29 is 14.0 Å². The molecule has 0 radical (unpaired) electrons. The molecule has 0 atom stereocenters. The van der Waals surface area contributed by atoms with Crippen molar-refractivity contribution in [3.05, 3.63) is 59.4 Å². The van der Waals surface area contributed by atoms with E-state index in [-0.39, 0.29) is 17.6 Å². The van der Waals surface area contributed by atoms with Gasteiger partial charge in [0.05, 0.1) is 5.56 Å². The maximum atomic E-state index is 13.2. The average molecular weight is 454 g/mol. The predicted octanol–water partition coefficient (Wildman–Crippen LogP) is 5.90. The molecule has 0 spiro atoms. The second-order valence-corrected chi connectivity index (χ2v) is 9.07. The van der Waals surface area contributed by atoms with Crippen LogP contribution in [0.1, 0.15) is 74.7 Å². The molecule has 2 N–H and O–H groups in total. The van der Waals surface area contributed by atoms with Gasteiger partial charge in [0.15, 0.2) is 0 Å². The molecule has 1 heterocycles. The molecule has 2 aromatic rings. The minimum absolute atomic E-state index is 0.0247. The Morgan fingerprint density at radius 2 is 1.76 bits per heavy atom. The number of hydrogen-bond donors (Lipinski definition) is 2. The number of anilines is 2. The molecule has 1 aliphatic heterocycles. The van der Waals surface area contributed by atoms with Gasteiger partial charge in [-0.25, -0.2) is 4.39 Å². The van der Waals surface area contributed by atoms with Gasteiger partial charge in [0, 0.05) is 37.4 Å². The molecule has 0 aliphatic carbocycles. The highest BCUT2D eigenvalue weighted by molar-refractivity contribution is 6.02. The van der Waals surface area contributed by atoms with Crippen LogP contribution in [-0.2, 0) is 11.3 Å². The first-order chi connectivity index (χ1) is 16.0. The van der Waals surface area contributed by atoms with Crippen molar-refractivity contribution in [2.75, 3.05) is 23.3 Å². The van der Waals surface area contributed by atoms with Crippen LogP contribution in [0.25, 0.3) is 0 Å². The summed E-state index contributed by atoms with van der Waals surface area (Å²) in [4.78, 5) is 27.8. The van der Waals surface area contributed by atoms with Gasteiger partial charge in [-0.05, 0) is 61.1 Å². The molecule has 2 amide bonds. The molecular formula is C27H36FN3O2. The summed E-state index contributed by atoms with van der Waals surface area (Å²) in [6, 6.07) is 11.7. The van der Waals surface area contributed by atoms with E-state index < -0.39 is 0 Å². The molecule has 178 valence electrons. The number of rotatable bonds is 10. The molecule has 0 unspecified atom stereocenters. The van der Waals surface area contributed by atoms with E-state index in [4.69, 9.17) is 0 Å². The van der Waals surface area contributed by atoms with Gasteiger partial charge in [-0.2, -0.15) is 0 Å². The topological polar surface area (TPSA) is 61.4 Å². The quantitative estimate of drug-likeness (QED) is 0.440. The highest BCUT2D eigenvalue weighted by Gasteiger charge is 2.22. The molecule has 6 heteroatoms. The summed E-state index contributed by atoms with van der Waals surface area (Å²) in [5, 5.41) is 5.90. The van der Waals surface area contributed by atoms with E-state index in [1.54, 1.807) is 18.2 Å². The Morgan fingerprint density at radius 1 is 1.03 bits per heavy atom. The fraction of sp³-hybridized carbons (Fsp3) is 0.481. The van der Waals surface area contributed by atoms with E-state index >= 15 is 0 Å². The zero-order chi connectivity index (χ0) is 23.6. The van der Waals surface area contributed by atoms with Crippen LogP contribution in [-0.4, -0.2) is 24.9 Å². The Bertz CT molecular complexity index is 921. The lowest BCUT2D eigenvalue weighted by molar-refractivity contribution is -0.116. The third-order valence-corrected chi connectivity index (χ3v) is 6.27. The molecule has 5 nitrogen and oxygen atoms in total. The lowest BCUT2D eigenvalue weighted by Crippen LogP contribution is -2.35. The standard InChI is InChI=1S/C27H36FN3O2/c1-3-4-5-6-7-26(32)30-23-12-13-25(31-16-14-20(2)15-17-31)24(18-23)27(33)29-19-21-8-10-22(28)11-9-21/h8-13,18,20H,3-7,14-17,19H2,1-2H3,(H,29,33)(H,30,32). The number of unbranched alkanes of at least 4 members (excludes halogenated alkanes) is 3. The molecule has 2 aromatic carbocycles. The number of amides is 2. The van der Waals surface area contributed by atoms with Crippen molar-refractivity contribution in [1.29, 1.82) is 0 Å². The van der Waals surface area contributed by atoms with Gasteiger partial charge >= 0.3 is 0 Å². The van der Waals surface area contributed by atoms with Gasteiger partial charge in [0.2, 0.25) is 5.91 Å². The molecule has 0 saturated carbocycles. The fourth-order valence-electron chi connectivity index (χ4n) is 4.14. The SMILES string of the molecule is CCCCCCC(=O)Nc1ccc(N2CCC(C)CC2)c(C(=O)NCc2ccc(F)cc2)c1. The van der Waals surface area contributed by atoms with Gasteiger partial charge in [-0.15, -0.1) is 0 Å². The van der Waals surface area contributed by atoms with Gasteiger partial charge in [-0.1, -0.05) is 45.2 Å². The van der Waals surface area contributed by atoms with E-state index in [0.717, 1.165) is 62.9 Å². The van der Waals surface area contributed by atoms with Crippen LogP contribution in [0.5, 0.6) is 0 Å². The highest BCUT2D eigenvalue weighted by Crippen LogP contribution is 2.29. The number of carbonyl (C=O) groups excluding carboxylic acids is 2. The van der Waals surface area contributed by atoms with Gasteiger partial charge < -0.3 is 15.5 Å². The number of nitrogens with zero attached hydrogens (tertiary/aromatic N) is 1. The lowest BCUT2D eigenvalue weighted by Gasteiger charge is -2.33. The lowest BCUT2D eigenvalue weighted by atomic mass is 9.97. The normalized spacial score (nSPS) is 14.2. The number of carbonyl (C=O) groups is 2. The number of nitrogens with one attached hydrogen (secondary N) is 2. The molecule has 33 heavy (non-hydrogen) atoms. The summed E-state index contributed by atoms with van der Waals surface area (Å²) in [5.41, 5.74) is 2.90. The van der Waals surface area contributed by atoms with Crippen LogP contribution in [0.15, 0.2) is 42.5 Å². The molecule has 1 fully saturated rings. The first-order valence-corrected chi connectivity index (χ1v) is 12.2. The van der Waals surface area contributed by atoms with Gasteiger partial charge in [0.25, 0.3) is 5.91 Å². The van der Waals surface area contributed by atoms with Crippen molar-refractivity contribution in [1.82, 2.24) is 5.32 Å². The van der Waals surface area contributed by atoms with Crippen LogP contribution in [0.3, 0.4) is 0 Å². The molecule has 0 bridgehead atoms. The Kier molecular flexibility index (Phi) is 9.28. The first kappa shape index (κ1) is 24.7. The van der Waals surface area contributed by atoms with E-state index in [9.17, 15) is 14.0 Å². The van der Waals surface area contributed by atoms with Gasteiger partial charge in [-0.3, -0.25) is 9.59 Å². The number of hydrogen-bond acceptors (Lipinski definition) is 3. The van der Waals surface area contributed by atoms with Gasteiger partial charge in [0.1, 0.15) is 5.82 Å². The van der Waals surface area contributed by atoms with Crippen LogP contribution < -0.4 is 15.5 Å². The fourth-order valence-corrected chi connectivity index (χ4v) is 4.14. The number of halogens is 1. The maximum Gasteiger partial charge on any atom is 0.253 e. The predicted molar refractivity (Wildman–Crippen MR) is 132 cm³/mol. The van der Waals surface area contributed by atoms with Crippen molar-refractivity contribution >= 4 is 23.2 Å². The Balaban J connectivity index is 1.73. The second kappa shape index (κ2) is 12.4. The maximum absolute atomic E-state index is 13.2. The summed E-state index contributed by atoms with van der Waals surface area (Å²) >= 11 is 0. The minimum atomic E-state index is -0.301. The Morgan fingerprint density at radius 3 is 2.45 bits per heavy atom. The Labute approximate surface area is 196 Å². The van der Waals surface area contributed by atoms with Crippen LogP contribution in [0, 0.1) is 11.7 Å². The van der Waals surface area contributed by atoms with Crippen LogP contribution in [0.4, 0.5) is 15.8 Å². The zero-order valence-corrected chi connectivity index (χ0v) is 19.8. The van der Waals surface area contributed by atoms with E-state index in [2.05, 4.69) is 29.4 Å². The first-order valence-electron chi connectivity index (χ1n) is 12.2. The smallest absolute Gasteiger partial charge is 0.253 e. The van der Waals surface area contributed by atoms with Crippen molar-refractivity contribution in [3.63, 3.8) is 0 Å². The highest BCUT2D eigenvalue weighted by atomic mass is 19.1. The number of piperidine rings is 1. The molecule has 1 aliphatic rings. The second-order valence-electron chi connectivity index (χ2n) is 9.07. The van der Waals surface area contributed by atoms with Crippen molar-refractivity contribution in [3.8, 4) is 0 Å². The molecular weight excluding hydrogens is 417 g/mol. The third kappa shape index (κ3) is 7.58. The number of benzene rings is 2. The summed E-state index contributed by atoms with van der Waals surface area (Å²) in [6.07, 6.45) is 6.85. The molecule has 3 rings (SSSR count). The van der Waals surface area contributed by atoms with E-state index in [1.807, 2.05) is 12.1 Å². The minimum Gasteiger partial charge on any atom is -0.371 e. The summed E-state index contributed by atoms with van der Waals surface area (Å²) < 4.78 is 13.2. The third-order valence-electron chi connectivity index (χ3n) is 6.27. The monoisotopic (exact) mass is 453 g/mol. The van der Waals surface area contributed by atoms with Crippen LogP contribution in [0.2, 0.25) is 0 Å². The summed E-state index contributed by atoms with van der Waals surface area (Å²) in [7, 11) is 0. The molecule has 0 aromatic heterocycles. The largest absolute Gasteiger partial charge is 0.371 e. The Hall–Kier alpha value is -2.89. The molecule has 1 saturated heterocycles. The van der Waals surface area contributed by atoms with E-state index in [0.29, 0.717) is 30.1 Å². The van der Waals surface area contributed by atoms with Crippen molar-refractivity contribution in [2.24, 2.45) is 5.92 Å². The zero-order valence-electron chi connectivity index (χ0n) is 19.8. The van der Waals surface area contributed by atoms with Crippen molar-refractivity contribution in [2.45, 2.75) is 65.3 Å². The summed E-state index contributed by atoms with van der Waals surface area (Å²) in [5.74, 6) is 0.156. The van der Waals surface area contributed by atoms with Crippen LogP contribution >= 0.6 is 0 Å².